The summed E-state index contributed by atoms with van der Waals surface area (Å²) in [6.45, 7) is 5.79. The van der Waals surface area contributed by atoms with Crippen LogP contribution in [-0.4, -0.2) is 17.1 Å². The molecular formula is C11H17N3O. The number of amides is 2. The number of pyridine rings is 1. The zero-order valence-corrected chi connectivity index (χ0v) is 9.32. The predicted octanol–water partition coefficient (Wildman–Crippen LogP) is 1.85. The van der Waals surface area contributed by atoms with Crippen molar-refractivity contribution in [3.05, 3.63) is 30.1 Å². The van der Waals surface area contributed by atoms with Gasteiger partial charge < -0.3 is 10.6 Å². The summed E-state index contributed by atoms with van der Waals surface area (Å²) in [6.07, 6.45) is 3.43. The molecule has 0 aliphatic heterocycles. The molecule has 1 aromatic heterocycles. The van der Waals surface area contributed by atoms with Gasteiger partial charge in [-0.25, -0.2) is 4.79 Å². The molecule has 1 unspecified atom stereocenters. The highest BCUT2D eigenvalue weighted by atomic mass is 16.2. The first kappa shape index (κ1) is 11.5. The van der Waals surface area contributed by atoms with E-state index in [0.717, 1.165) is 5.56 Å². The number of aromatic nitrogens is 1. The third-order valence-electron chi connectivity index (χ3n) is 1.97. The van der Waals surface area contributed by atoms with Crippen LogP contribution in [0.5, 0.6) is 0 Å². The Morgan fingerprint density at radius 1 is 1.20 bits per heavy atom. The van der Waals surface area contributed by atoms with Crippen molar-refractivity contribution >= 4 is 6.03 Å². The van der Waals surface area contributed by atoms with Gasteiger partial charge in [-0.1, -0.05) is 0 Å². The van der Waals surface area contributed by atoms with Crippen LogP contribution in [0, 0.1) is 0 Å². The second-order valence-corrected chi connectivity index (χ2v) is 3.77. The zero-order valence-electron chi connectivity index (χ0n) is 9.32. The van der Waals surface area contributed by atoms with Crippen LogP contribution in [0.1, 0.15) is 32.4 Å². The van der Waals surface area contributed by atoms with Crippen molar-refractivity contribution in [2.24, 2.45) is 0 Å². The molecular weight excluding hydrogens is 190 g/mol. The standard InChI is InChI=1S/C11H17N3O/c1-8(2)13-11(15)14-9(3)10-4-6-12-7-5-10/h4-9H,1-3H3,(H2,13,14,15). The van der Waals surface area contributed by atoms with E-state index in [1.54, 1.807) is 12.4 Å². The minimum absolute atomic E-state index is 0.00764. The lowest BCUT2D eigenvalue weighted by atomic mass is 10.1. The van der Waals surface area contributed by atoms with Gasteiger partial charge in [-0.3, -0.25) is 4.98 Å². The maximum absolute atomic E-state index is 11.4. The van der Waals surface area contributed by atoms with E-state index in [1.165, 1.54) is 0 Å². The van der Waals surface area contributed by atoms with E-state index in [0.29, 0.717) is 0 Å². The lowest BCUT2D eigenvalue weighted by Gasteiger charge is -2.16. The molecule has 0 bridgehead atoms. The normalized spacial score (nSPS) is 12.3. The SMILES string of the molecule is CC(C)NC(=O)NC(C)c1ccncc1. The maximum Gasteiger partial charge on any atom is 0.315 e. The molecule has 0 aliphatic carbocycles. The molecule has 0 aliphatic rings. The minimum Gasteiger partial charge on any atom is -0.336 e. The summed E-state index contributed by atoms with van der Waals surface area (Å²) in [6, 6.07) is 3.77. The molecule has 2 amide bonds. The molecule has 1 aromatic rings. The number of hydrogen-bond acceptors (Lipinski definition) is 2. The van der Waals surface area contributed by atoms with Gasteiger partial charge in [0.1, 0.15) is 0 Å². The second kappa shape index (κ2) is 5.34. The molecule has 0 saturated carbocycles. The monoisotopic (exact) mass is 207 g/mol. The van der Waals surface area contributed by atoms with Crippen molar-refractivity contribution in [3.63, 3.8) is 0 Å². The Hall–Kier alpha value is -1.58. The minimum atomic E-state index is -0.144. The lowest BCUT2D eigenvalue weighted by molar-refractivity contribution is 0.235. The average molecular weight is 207 g/mol. The number of rotatable bonds is 3. The fourth-order valence-electron chi connectivity index (χ4n) is 1.24. The largest absolute Gasteiger partial charge is 0.336 e. The van der Waals surface area contributed by atoms with Gasteiger partial charge in [0.25, 0.3) is 0 Å². The number of nitrogens with one attached hydrogen (secondary N) is 2. The van der Waals surface area contributed by atoms with E-state index in [4.69, 9.17) is 0 Å². The summed E-state index contributed by atoms with van der Waals surface area (Å²) in [5.74, 6) is 0. The fraction of sp³-hybridized carbons (Fsp3) is 0.455. The predicted molar refractivity (Wildman–Crippen MR) is 59.5 cm³/mol. The molecule has 0 spiro atoms. The molecule has 0 fully saturated rings. The topological polar surface area (TPSA) is 54.0 Å². The Bertz CT molecular complexity index is 311. The fourth-order valence-corrected chi connectivity index (χ4v) is 1.24. The summed E-state index contributed by atoms with van der Waals surface area (Å²) in [5.41, 5.74) is 1.05. The van der Waals surface area contributed by atoms with Gasteiger partial charge in [0, 0.05) is 18.4 Å². The lowest BCUT2D eigenvalue weighted by Crippen LogP contribution is -2.40. The second-order valence-electron chi connectivity index (χ2n) is 3.77. The summed E-state index contributed by atoms with van der Waals surface area (Å²) in [4.78, 5) is 15.3. The number of nitrogens with zero attached hydrogens (tertiary/aromatic N) is 1. The van der Waals surface area contributed by atoms with Crippen molar-refractivity contribution in [3.8, 4) is 0 Å². The van der Waals surface area contributed by atoms with Crippen molar-refractivity contribution < 1.29 is 4.79 Å². The van der Waals surface area contributed by atoms with E-state index in [-0.39, 0.29) is 18.1 Å². The van der Waals surface area contributed by atoms with Gasteiger partial charge >= 0.3 is 6.03 Å². The number of urea groups is 1. The number of carbonyl (C=O) groups is 1. The quantitative estimate of drug-likeness (QED) is 0.794. The Balaban J connectivity index is 2.49. The van der Waals surface area contributed by atoms with Crippen LogP contribution in [0.3, 0.4) is 0 Å². The van der Waals surface area contributed by atoms with Crippen LogP contribution in [0.2, 0.25) is 0 Å². The smallest absolute Gasteiger partial charge is 0.315 e. The van der Waals surface area contributed by atoms with E-state index < -0.39 is 0 Å². The van der Waals surface area contributed by atoms with Gasteiger partial charge in [0.05, 0.1) is 6.04 Å². The molecule has 4 heteroatoms. The van der Waals surface area contributed by atoms with Gasteiger partial charge in [0.2, 0.25) is 0 Å². The highest BCUT2D eigenvalue weighted by Gasteiger charge is 2.09. The molecule has 82 valence electrons. The first-order chi connectivity index (χ1) is 7.09. The molecule has 2 N–H and O–H groups in total. The summed E-state index contributed by atoms with van der Waals surface area (Å²) < 4.78 is 0. The van der Waals surface area contributed by atoms with Crippen LogP contribution in [0.25, 0.3) is 0 Å². The van der Waals surface area contributed by atoms with E-state index in [9.17, 15) is 4.79 Å². The molecule has 1 rings (SSSR count). The highest BCUT2D eigenvalue weighted by Crippen LogP contribution is 2.09. The Morgan fingerprint density at radius 3 is 2.33 bits per heavy atom. The average Bonchev–Trinajstić information content (AvgIpc) is 2.17. The zero-order chi connectivity index (χ0) is 11.3. The van der Waals surface area contributed by atoms with Crippen LogP contribution < -0.4 is 10.6 Å². The molecule has 0 saturated heterocycles. The first-order valence-corrected chi connectivity index (χ1v) is 5.06. The Labute approximate surface area is 90.1 Å². The van der Waals surface area contributed by atoms with Crippen molar-refractivity contribution in [1.82, 2.24) is 15.6 Å². The highest BCUT2D eigenvalue weighted by molar-refractivity contribution is 5.74. The van der Waals surface area contributed by atoms with E-state index in [1.807, 2.05) is 32.9 Å². The third-order valence-corrected chi connectivity index (χ3v) is 1.97. The van der Waals surface area contributed by atoms with Gasteiger partial charge in [-0.2, -0.15) is 0 Å². The van der Waals surface area contributed by atoms with E-state index in [2.05, 4.69) is 15.6 Å². The van der Waals surface area contributed by atoms with Crippen molar-refractivity contribution in [2.45, 2.75) is 32.9 Å². The van der Waals surface area contributed by atoms with Crippen LogP contribution in [-0.2, 0) is 0 Å². The molecule has 1 atom stereocenters. The van der Waals surface area contributed by atoms with Gasteiger partial charge in [-0.05, 0) is 38.5 Å². The van der Waals surface area contributed by atoms with E-state index >= 15 is 0 Å². The number of hydrogen-bond donors (Lipinski definition) is 2. The van der Waals surface area contributed by atoms with Crippen LogP contribution in [0.15, 0.2) is 24.5 Å². The van der Waals surface area contributed by atoms with Gasteiger partial charge in [-0.15, -0.1) is 0 Å². The first-order valence-electron chi connectivity index (χ1n) is 5.06. The van der Waals surface area contributed by atoms with Crippen LogP contribution in [0.4, 0.5) is 4.79 Å². The molecule has 15 heavy (non-hydrogen) atoms. The van der Waals surface area contributed by atoms with Gasteiger partial charge in [0.15, 0.2) is 0 Å². The maximum atomic E-state index is 11.4. The Morgan fingerprint density at radius 2 is 1.80 bits per heavy atom. The molecule has 4 nitrogen and oxygen atoms in total. The summed E-state index contributed by atoms with van der Waals surface area (Å²) >= 11 is 0. The Kier molecular flexibility index (Phi) is 4.09. The van der Waals surface area contributed by atoms with Crippen LogP contribution >= 0.6 is 0 Å². The van der Waals surface area contributed by atoms with Crippen molar-refractivity contribution in [1.29, 1.82) is 0 Å². The molecule has 0 radical (unpaired) electrons. The van der Waals surface area contributed by atoms with Crippen molar-refractivity contribution in [2.75, 3.05) is 0 Å². The summed E-state index contributed by atoms with van der Waals surface area (Å²) in [5, 5.41) is 5.63. The molecule has 1 heterocycles. The third kappa shape index (κ3) is 3.97. The molecule has 0 aromatic carbocycles. The summed E-state index contributed by atoms with van der Waals surface area (Å²) in [7, 11) is 0. The number of carbonyl (C=O) groups excluding carboxylic acids is 1.